The monoisotopic (exact) mass is 322 g/mol. The SMILES string of the molecule is COc1ccccc1N1CC[C@@H](Sc2nnc(N)s2)C1=O. The zero-order valence-electron chi connectivity index (χ0n) is 11.4. The first-order valence-corrected chi connectivity index (χ1v) is 8.08. The molecule has 1 aliphatic heterocycles. The molecular weight excluding hydrogens is 308 g/mol. The molecule has 0 unspecified atom stereocenters. The van der Waals surface area contributed by atoms with Gasteiger partial charge in [-0.1, -0.05) is 35.2 Å². The van der Waals surface area contributed by atoms with Crippen molar-refractivity contribution in [2.45, 2.75) is 16.0 Å². The minimum Gasteiger partial charge on any atom is -0.495 e. The summed E-state index contributed by atoms with van der Waals surface area (Å²) in [4.78, 5) is 14.3. The van der Waals surface area contributed by atoms with Gasteiger partial charge in [-0.3, -0.25) is 4.79 Å². The van der Waals surface area contributed by atoms with Gasteiger partial charge in [0.25, 0.3) is 0 Å². The highest BCUT2D eigenvalue weighted by molar-refractivity contribution is 8.02. The largest absolute Gasteiger partial charge is 0.495 e. The third-order valence-corrected chi connectivity index (χ3v) is 5.29. The number of nitrogen functional groups attached to an aromatic ring is 1. The van der Waals surface area contributed by atoms with E-state index in [9.17, 15) is 4.79 Å². The van der Waals surface area contributed by atoms with Crippen LogP contribution in [-0.4, -0.2) is 35.0 Å². The average Bonchev–Trinajstić information content (AvgIpc) is 3.06. The Morgan fingerprint density at radius 2 is 2.24 bits per heavy atom. The molecule has 0 spiro atoms. The van der Waals surface area contributed by atoms with E-state index in [1.54, 1.807) is 12.0 Å². The van der Waals surface area contributed by atoms with Crippen LogP contribution in [0.5, 0.6) is 5.75 Å². The number of methoxy groups -OCH3 is 1. The van der Waals surface area contributed by atoms with Crippen LogP contribution in [0.4, 0.5) is 10.8 Å². The van der Waals surface area contributed by atoms with Gasteiger partial charge in [0.2, 0.25) is 11.0 Å². The summed E-state index contributed by atoms with van der Waals surface area (Å²) in [5, 5.41) is 8.00. The predicted octanol–water partition coefficient (Wildman–Crippen LogP) is 2.03. The minimum atomic E-state index is -0.151. The minimum absolute atomic E-state index is 0.0678. The zero-order chi connectivity index (χ0) is 14.8. The van der Waals surface area contributed by atoms with Crippen LogP contribution in [0.15, 0.2) is 28.6 Å². The quantitative estimate of drug-likeness (QED) is 0.927. The first-order chi connectivity index (χ1) is 10.2. The van der Waals surface area contributed by atoms with E-state index in [2.05, 4.69) is 10.2 Å². The van der Waals surface area contributed by atoms with Crippen LogP contribution in [-0.2, 0) is 4.79 Å². The Bertz CT molecular complexity index is 661. The molecule has 2 aromatic rings. The maximum absolute atomic E-state index is 12.6. The number of para-hydroxylation sites is 2. The Morgan fingerprint density at radius 1 is 1.43 bits per heavy atom. The Kier molecular flexibility index (Phi) is 3.98. The molecule has 1 atom stereocenters. The molecule has 2 N–H and O–H groups in total. The molecule has 0 aliphatic carbocycles. The number of benzene rings is 1. The Hall–Kier alpha value is -1.80. The number of anilines is 2. The lowest BCUT2D eigenvalue weighted by Crippen LogP contribution is -2.28. The number of thioether (sulfide) groups is 1. The third kappa shape index (κ3) is 2.81. The topological polar surface area (TPSA) is 81.3 Å². The highest BCUT2D eigenvalue weighted by atomic mass is 32.2. The zero-order valence-corrected chi connectivity index (χ0v) is 13.0. The van der Waals surface area contributed by atoms with Crippen molar-refractivity contribution in [1.82, 2.24) is 10.2 Å². The number of hydrogen-bond acceptors (Lipinski definition) is 7. The van der Waals surface area contributed by atoms with Gasteiger partial charge in [-0.2, -0.15) is 0 Å². The standard InChI is InChI=1S/C13H14N4O2S2/c1-19-9-5-3-2-4-8(9)17-7-6-10(11(17)18)20-13-16-15-12(14)21-13/h2-5,10H,6-7H2,1H3,(H2,14,15)/t10-/m1/s1. The Balaban J connectivity index is 1.77. The number of hydrogen-bond donors (Lipinski definition) is 1. The lowest BCUT2D eigenvalue weighted by atomic mass is 10.2. The second kappa shape index (κ2) is 5.90. The highest BCUT2D eigenvalue weighted by Crippen LogP contribution is 2.37. The van der Waals surface area contributed by atoms with Crippen molar-refractivity contribution in [3.05, 3.63) is 24.3 Å². The van der Waals surface area contributed by atoms with E-state index in [-0.39, 0.29) is 11.2 Å². The van der Waals surface area contributed by atoms with E-state index in [4.69, 9.17) is 10.5 Å². The number of amides is 1. The van der Waals surface area contributed by atoms with Gasteiger partial charge in [0.1, 0.15) is 5.75 Å². The van der Waals surface area contributed by atoms with Crippen molar-refractivity contribution in [3.8, 4) is 5.75 Å². The maximum atomic E-state index is 12.6. The summed E-state index contributed by atoms with van der Waals surface area (Å²) in [6.07, 6.45) is 0.765. The number of nitrogens with zero attached hydrogens (tertiary/aromatic N) is 3. The number of rotatable bonds is 4. The summed E-state index contributed by atoms with van der Waals surface area (Å²) < 4.78 is 6.05. The molecule has 0 saturated carbocycles. The third-order valence-electron chi connectivity index (χ3n) is 3.20. The fraction of sp³-hybridized carbons (Fsp3) is 0.308. The molecule has 1 aromatic heterocycles. The van der Waals surface area contributed by atoms with Crippen molar-refractivity contribution >= 4 is 39.8 Å². The van der Waals surface area contributed by atoms with Gasteiger partial charge in [-0.05, 0) is 18.6 Å². The second-order valence-electron chi connectivity index (χ2n) is 4.46. The van der Waals surface area contributed by atoms with Crippen molar-refractivity contribution in [2.24, 2.45) is 0 Å². The lowest BCUT2D eigenvalue weighted by Gasteiger charge is -2.19. The molecule has 6 nitrogen and oxygen atoms in total. The fourth-order valence-electron chi connectivity index (χ4n) is 2.24. The summed E-state index contributed by atoms with van der Waals surface area (Å²) in [6, 6.07) is 7.54. The molecule has 1 amide bonds. The molecule has 1 aliphatic rings. The molecule has 1 saturated heterocycles. The molecule has 3 rings (SSSR count). The second-order valence-corrected chi connectivity index (χ2v) is 6.92. The first kappa shape index (κ1) is 14.2. The van der Waals surface area contributed by atoms with Crippen molar-refractivity contribution in [3.63, 3.8) is 0 Å². The van der Waals surface area contributed by atoms with Gasteiger partial charge in [0.05, 0.1) is 18.0 Å². The number of carbonyl (C=O) groups excluding carboxylic acids is 1. The van der Waals surface area contributed by atoms with E-state index < -0.39 is 0 Å². The van der Waals surface area contributed by atoms with Gasteiger partial charge in [0, 0.05) is 6.54 Å². The van der Waals surface area contributed by atoms with Crippen molar-refractivity contribution in [2.75, 3.05) is 24.3 Å². The molecule has 2 heterocycles. The normalized spacial score (nSPS) is 18.2. The Labute approximate surface area is 130 Å². The van der Waals surface area contributed by atoms with Crippen LogP contribution < -0.4 is 15.4 Å². The van der Waals surface area contributed by atoms with Crippen LogP contribution in [0.2, 0.25) is 0 Å². The number of nitrogens with two attached hydrogens (primary N) is 1. The van der Waals surface area contributed by atoms with E-state index >= 15 is 0 Å². The van der Waals surface area contributed by atoms with Crippen LogP contribution >= 0.6 is 23.1 Å². The van der Waals surface area contributed by atoms with Crippen molar-refractivity contribution in [1.29, 1.82) is 0 Å². The van der Waals surface area contributed by atoms with E-state index in [0.717, 1.165) is 16.4 Å². The summed E-state index contributed by atoms with van der Waals surface area (Å²) >= 11 is 2.73. The van der Waals surface area contributed by atoms with Crippen LogP contribution in [0.3, 0.4) is 0 Å². The van der Waals surface area contributed by atoms with Crippen LogP contribution in [0.1, 0.15) is 6.42 Å². The summed E-state index contributed by atoms with van der Waals surface area (Å²) in [7, 11) is 1.61. The van der Waals surface area contributed by atoms with Gasteiger partial charge < -0.3 is 15.4 Å². The van der Waals surface area contributed by atoms with Crippen LogP contribution in [0.25, 0.3) is 0 Å². The average molecular weight is 322 g/mol. The van der Waals surface area contributed by atoms with Crippen molar-refractivity contribution < 1.29 is 9.53 Å². The lowest BCUT2D eigenvalue weighted by molar-refractivity contribution is -0.116. The van der Waals surface area contributed by atoms with Gasteiger partial charge >= 0.3 is 0 Å². The van der Waals surface area contributed by atoms with Crippen LogP contribution in [0, 0.1) is 0 Å². The van der Waals surface area contributed by atoms with E-state index in [0.29, 0.717) is 17.4 Å². The molecule has 0 bridgehead atoms. The highest BCUT2D eigenvalue weighted by Gasteiger charge is 2.35. The molecule has 21 heavy (non-hydrogen) atoms. The Morgan fingerprint density at radius 3 is 2.95 bits per heavy atom. The van der Waals surface area contributed by atoms with E-state index in [1.165, 1.54) is 23.1 Å². The number of carbonyl (C=O) groups is 1. The number of ether oxygens (including phenoxy) is 1. The van der Waals surface area contributed by atoms with Gasteiger partial charge in [-0.15, -0.1) is 10.2 Å². The summed E-state index contributed by atoms with van der Waals surface area (Å²) in [5.74, 6) is 0.773. The molecular formula is C13H14N4O2S2. The molecule has 110 valence electrons. The molecule has 0 radical (unpaired) electrons. The fourth-order valence-corrected chi connectivity index (χ4v) is 4.17. The number of aromatic nitrogens is 2. The van der Waals surface area contributed by atoms with E-state index in [1.807, 2.05) is 24.3 Å². The summed E-state index contributed by atoms with van der Waals surface area (Å²) in [6.45, 7) is 0.672. The smallest absolute Gasteiger partial charge is 0.240 e. The maximum Gasteiger partial charge on any atom is 0.240 e. The summed E-state index contributed by atoms with van der Waals surface area (Å²) in [5.41, 5.74) is 6.37. The molecule has 1 aromatic carbocycles. The molecule has 1 fully saturated rings. The van der Waals surface area contributed by atoms with Gasteiger partial charge in [0.15, 0.2) is 4.34 Å². The first-order valence-electron chi connectivity index (χ1n) is 6.39. The van der Waals surface area contributed by atoms with Gasteiger partial charge in [-0.25, -0.2) is 0 Å². The predicted molar refractivity (Wildman–Crippen MR) is 83.9 cm³/mol. The molecule has 8 heteroatoms.